The number of benzene rings is 3. The Balaban J connectivity index is 0.000000338. The van der Waals surface area contributed by atoms with Crippen molar-refractivity contribution >= 4 is 94.3 Å². The first-order valence-corrected chi connectivity index (χ1v) is 19.2. The Labute approximate surface area is 375 Å². The Kier molecular flexibility index (Phi) is 22.0. The first-order valence-electron chi connectivity index (χ1n) is 18.1. The number of hydrogen-bond acceptors (Lipinski definition) is 13. The Morgan fingerprint density at radius 1 is 0.703 bits per heavy atom. The van der Waals surface area contributed by atoms with Gasteiger partial charge >= 0.3 is 30.3 Å². The second-order valence-electron chi connectivity index (χ2n) is 11.8. The molecule has 0 spiro atoms. The van der Waals surface area contributed by atoms with E-state index in [4.69, 9.17) is 54.9 Å². The van der Waals surface area contributed by atoms with E-state index in [2.05, 4.69) is 21.1 Å². The lowest BCUT2D eigenvalue weighted by Gasteiger charge is -2.09. The van der Waals surface area contributed by atoms with E-state index in [0.29, 0.717) is 51.3 Å². The van der Waals surface area contributed by atoms with Crippen LogP contribution in [0.25, 0.3) is 23.9 Å². The lowest BCUT2D eigenvalue weighted by atomic mass is 10.2. The number of aromatic nitrogens is 2. The minimum absolute atomic E-state index is 0.128. The summed E-state index contributed by atoms with van der Waals surface area (Å²) in [6.45, 7) is 5.84. The van der Waals surface area contributed by atoms with Gasteiger partial charge in [-0.25, -0.2) is 14.4 Å². The minimum atomic E-state index is -4.97. The minimum Gasteiger partial charge on any atom is -0.463 e. The van der Waals surface area contributed by atoms with E-state index >= 15 is 0 Å². The Hall–Kier alpha value is -6.48. The number of hydrazone groups is 1. The summed E-state index contributed by atoms with van der Waals surface area (Å²) in [5, 5.41) is 7.87. The maximum atomic E-state index is 12.6. The van der Waals surface area contributed by atoms with Crippen LogP contribution in [-0.4, -0.2) is 65.7 Å². The number of rotatable bonds is 14. The highest BCUT2D eigenvalue weighted by atomic mass is 35.5. The fraction of sp³-hybridized carbons (Fsp3) is 0.195. The summed E-state index contributed by atoms with van der Waals surface area (Å²) in [6, 6.07) is 14.2. The third kappa shape index (κ3) is 18.9. The van der Waals surface area contributed by atoms with Gasteiger partial charge in [0, 0.05) is 45.0 Å². The zero-order valence-electron chi connectivity index (χ0n) is 33.6. The van der Waals surface area contributed by atoms with Crippen LogP contribution in [0.15, 0.2) is 95.0 Å². The number of hydrazine groups is 1. The summed E-state index contributed by atoms with van der Waals surface area (Å²) in [7, 11) is 0. The highest BCUT2D eigenvalue weighted by Crippen LogP contribution is 2.28. The summed E-state index contributed by atoms with van der Waals surface area (Å²) in [5.74, 6) is 1.65. The third-order valence-electron chi connectivity index (χ3n) is 7.22. The Morgan fingerprint density at radius 2 is 1.14 bits per heavy atom. The van der Waals surface area contributed by atoms with Gasteiger partial charge in [0.05, 0.1) is 49.2 Å². The fourth-order valence-electron chi connectivity index (χ4n) is 4.33. The van der Waals surface area contributed by atoms with E-state index in [1.807, 2.05) is 0 Å². The van der Waals surface area contributed by atoms with Crippen LogP contribution in [0.2, 0.25) is 15.1 Å². The predicted octanol–water partition coefficient (Wildman–Crippen LogP) is 9.13. The quantitative estimate of drug-likeness (QED) is 0.0207. The lowest BCUT2D eigenvalue weighted by Crippen LogP contribution is -2.23. The monoisotopic (exact) mass is 960 g/mol. The average molecular weight is 962 g/mol. The molecule has 0 fully saturated rings. The van der Waals surface area contributed by atoms with Crippen LogP contribution in [0.5, 0.6) is 0 Å². The molecule has 1 aromatic heterocycles. The number of halogens is 9. The second-order valence-corrected chi connectivity index (χ2v) is 13.0. The standard InChI is InChI=1S/C16H12ClF3N2O3.C14H12ClF3N2O3.C11H13ClN2O2/c1-2-25-15(24)6-3-10-7-12(4-5-13(10)17)22-14(23)8-11(9-21-22)16(18,19)20;1-2-23-13(22)6-3-9-7-10(4-5-11(9)15)20-19-8-12(21)14(16,17)18;1-2-16-11(15)6-3-8-7-9(14-13)4-5-10(8)12/h3-9H,2H2,1H3;3-8,20H,2H2,1H3;3-7,14H,2,13H2,1H3/b6-3+;6-3+,19-8+;6-3+. The molecule has 1 heterocycles. The molecular weight excluding hydrogens is 925 g/mol. The molecule has 0 radical (unpaired) electrons. The number of nitrogens with zero attached hydrogens (tertiary/aromatic N) is 3. The summed E-state index contributed by atoms with van der Waals surface area (Å²) < 4.78 is 88.8. The van der Waals surface area contributed by atoms with E-state index in [9.17, 15) is 50.3 Å². The number of nitrogens with two attached hydrogens (primary N) is 1. The molecule has 0 saturated carbocycles. The van der Waals surface area contributed by atoms with Crippen LogP contribution < -0.4 is 22.3 Å². The fourth-order valence-corrected chi connectivity index (χ4v) is 4.87. The lowest BCUT2D eigenvalue weighted by molar-refractivity contribution is -0.162. The van der Waals surface area contributed by atoms with Gasteiger partial charge in [-0.05, 0) is 110 Å². The summed E-state index contributed by atoms with van der Waals surface area (Å²) in [6.07, 6.45) is -0.964. The second kappa shape index (κ2) is 26.2. The number of hydrogen-bond donors (Lipinski definition) is 3. The molecule has 64 heavy (non-hydrogen) atoms. The molecule has 0 atom stereocenters. The van der Waals surface area contributed by atoms with Gasteiger partial charge in [0.2, 0.25) is 0 Å². The predicted molar refractivity (Wildman–Crippen MR) is 231 cm³/mol. The van der Waals surface area contributed by atoms with Crippen molar-refractivity contribution < 1.29 is 59.7 Å². The van der Waals surface area contributed by atoms with Crippen molar-refractivity contribution in [2.45, 2.75) is 33.1 Å². The van der Waals surface area contributed by atoms with E-state index in [0.717, 1.165) is 16.8 Å². The largest absolute Gasteiger partial charge is 0.463 e. The number of ether oxygens (including phenoxy) is 3. The zero-order valence-corrected chi connectivity index (χ0v) is 35.9. The van der Waals surface area contributed by atoms with Crippen LogP contribution in [-0.2, 0) is 39.6 Å². The molecule has 3 aromatic carbocycles. The molecule has 0 aliphatic heterocycles. The molecule has 0 bridgehead atoms. The molecule has 0 aliphatic carbocycles. The van der Waals surface area contributed by atoms with Gasteiger partial charge in [-0.3, -0.25) is 20.9 Å². The van der Waals surface area contributed by atoms with Crippen LogP contribution in [0.3, 0.4) is 0 Å². The van der Waals surface area contributed by atoms with Gasteiger partial charge < -0.3 is 19.6 Å². The van der Waals surface area contributed by atoms with Crippen LogP contribution in [0.4, 0.5) is 37.7 Å². The maximum Gasteiger partial charge on any atom is 0.455 e. The smallest absolute Gasteiger partial charge is 0.455 e. The van der Waals surface area contributed by atoms with Crippen molar-refractivity contribution in [1.29, 1.82) is 0 Å². The number of esters is 3. The van der Waals surface area contributed by atoms with Crippen molar-refractivity contribution in [2.75, 3.05) is 30.7 Å². The number of nitrogens with one attached hydrogen (secondary N) is 2. The Morgan fingerprint density at radius 3 is 1.56 bits per heavy atom. The first kappa shape index (κ1) is 53.7. The molecule has 4 N–H and O–H groups in total. The van der Waals surface area contributed by atoms with E-state index in [1.165, 1.54) is 54.6 Å². The number of Topliss-reactive ketones (excluding diaryl/α,β-unsaturated/α-hetero) is 1. The normalized spacial score (nSPS) is 11.5. The molecule has 14 nitrogen and oxygen atoms in total. The third-order valence-corrected chi connectivity index (χ3v) is 8.25. The number of carbonyl (C=O) groups is 4. The number of alkyl halides is 6. The summed E-state index contributed by atoms with van der Waals surface area (Å²) in [5.41, 5.74) is 5.38. The van der Waals surface area contributed by atoms with Gasteiger partial charge in [-0.15, -0.1) is 0 Å². The van der Waals surface area contributed by atoms with Gasteiger partial charge in [0.25, 0.3) is 11.3 Å². The van der Waals surface area contributed by atoms with E-state index < -0.39 is 47.2 Å². The number of nitrogen functional groups attached to an aromatic ring is 1. The van der Waals surface area contributed by atoms with Crippen molar-refractivity contribution in [3.05, 3.63) is 133 Å². The topological polar surface area (TPSA) is 193 Å². The van der Waals surface area contributed by atoms with Crippen LogP contribution in [0.1, 0.15) is 43.0 Å². The molecule has 4 rings (SSSR count). The SMILES string of the molecule is CCOC(=O)/C=C/c1cc(-n2ncc(C(F)(F)F)cc2=O)ccc1Cl.CCOC(=O)/C=C/c1cc(N/N=C/C(=O)C(F)(F)F)ccc1Cl.CCOC(=O)/C=C/c1cc(NN)ccc1Cl. The highest BCUT2D eigenvalue weighted by Gasteiger charge is 2.37. The van der Waals surface area contributed by atoms with Crippen molar-refractivity contribution in [3.8, 4) is 5.69 Å². The summed E-state index contributed by atoms with van der Waals surface area (Å²) in [4.78, 5) is 56.2. The van der Waals surface area contributed by atoms with Crippen molar-refractivity contribution in [1.82, 2.24) is 9.78 Å². The molecule has 342 valence electrons. The number of ketones is 1. The highest BCUT2D eigenvalue weighted by molar-refractivity contribution is 6.33. The molecule has 0 unspecified atom stereocenters. The Bertz CT molecular complexity index is 2440. The average Bonchev–Trinajstić information content (AvgIpc) is 3.23. The zero-order chi connectivity index (χ0) is 48.0. The maximum absolute atomic E-state index is 12.6. The van der Waals surface area contributed by atoms with Gasteiger partial charge in [-0.1, -0.05) is 34.8 Å². The summed E-state index contributed by atoms with van der Waals surface area (Å²) >= 11 is 17.9. The van der Waals surface area contributed by atoms with Gasteiger partial charge in [0.1, 0.15) is 0 Å². The van der Waals surface area contributed by atoms with E-state index in [-0.39, 0.29) is 35.8 Å². The first-order chi connectivity index (χ1) is 30.1. The molecule has 0 aliphatic rings. The van der Waals surface area contributed by atoms with Gasteiger partial charge in [0.15, 0.2) is 0 Å². The molecule has 4 aromatic rings. The number of anilines is 2. The molecule has 0 saturated heterocycles. The van der Waals surface area contributed by atoms with Crippen molar-refractivity contribution in [3.63, 3.8) is 0 Å². The van der Waals surface area contributed by atoms with Gasteiger partial charge in [-0.2, -0.15) is 41.2 Å². The van der Waals surface area contributed by atoms with E-state index in [1.54, 1.807) is 45.0 Å². The molecule has 0 amide bonds. The van der Waals surface area contributed by atoms with Crippen LogP contribution in [0, 0.1) is 0 Å². The molecule has 23 heteroatoms. The molecular formula is C41H37Cl3F6N6O8. The van der Waals surface area contributed by atoms with Crippen LogP contribution >= 0.6 is 34.8 Å². The number of carbonyl (C=O) groups excluding carboxylic acids is 4. The van der Waals surface area contributed by atoms with Crippen molar-refractivity contribution in [2.24, 2.45) is 10.9 Å².